The lowest BCUT2D eigenvalue weighted by molar-refractivity contribution is 0.299. The zero-order chi connectivity index (χ0) is 10.4. The zero-order valence-electron chi connectivity index (χ0n) is 8.86. The molecule has 2 heteroatoms. The van der Waals surface area contributed by atoms with E-state index in [2.05, 4.69) is 38.1 Å². The second kappa shape index (κ2) is 6.10. The molecule has 1 aromatic rings. The van der Waals surface area contributed by atoms with E-state index in [-0.39, 0.29) is 6.61 Å². The van der Waals surface area contributed by atoms with Gasteiger partial charge >= 0.3 is 0 Å². The topological polar surface area (TPSA) is 20.2 Å². The van der Waals surface area contributed by atoms with Crippen molar-refractivity contribution in [1.29, 1.82) is 0 Å². The van der Waals surface area contributed by atoms with E-state index in [0.717, 1.165) is 12.3 Å². The van der Waals surface area contributed by atoms with Gasteiger partial charge in [-0.1, -0.05) is 26.0 Å². The first-order valence-corrected chi connectivity index (χ1v) is 6.03. The predicted molar refractivity (Wildman–Crippen MR) is 62.8 cm³/mol. The number of rotatable bonds is 5. The number of benzene rings is 1. The Labute approximate surface area is 90.5 Å². The number of aliphatic hydroxyl groups is 1. The minimum Gasteiger partial charge on any atom is -0.396 e. The molecule has 0 saturated carbocycles. The molecule has 0 aliphatic rings. The van der Waals surface area contributed by atoms with Gasteiger partial charge in [0.25, 0.3) is 0 Å². The maximum atomic E-state index is 8.76. The summed E-state index contributed by atoms with van der Waals surface area (Å²) in [6.45, 7) is 4.69. The average Bonchev–Trinajstić information content (AvgIpc) is 2.17. The minimum absolute atomic E-state index is 0.235. The molecule has 1 nitrogen and oxygen atoms in total. The van der Waals surface area contributed by atoms with Crippen molar-refractivity contribution < 1.29 is 5.11 Å². The molecular formula is C12H18OS. The molecule has 0 atom stereocenters. The molecule has 0 aliphatic carbocycles. The van der Waals surface area contributed by atoms with E-state index in [1.807, 2.05) is 11.8 Å². The molecule has 0 aromatic heterocycles. The maximum Gasteiger partial charge on any atom is 0.0471 e. The van der Waals surface area contributed by atoms with Crippen LogP contribution in [0, 0.1) is 5.92 Å². The van der Waals surface area contributed by atoms with Gasteiger partial charge in [-0.2, -0.15) is 0 Å². The quantitative estimate of drug-likeness (QED) is 0.754. The fraction of sp³-hybridized carbons (Fsp3) is 0.500. The van der Waals surface area contributed by atoms with Crippen molar-refractivity contribution in [1.82, 2.24) is 0 Å². The molecular weight excluding hydrogens is 192 g/mol. The zero-order valence-corrected chi connectivity index (χ0v) is 9.68. The van der Waals surface area contributed by atoms with Gasteiger partial charge in [-0.25, -0.2) is 0 Å². The molecule has 0 saturated heterocycles. The lowest BCUT2D eigenvalue weighted by atomic mass is 10.2. The first-order chi connectivity index (χ1) is 6.72. The standard InChI is InChI=1S/C12H18OS/c1-10(2)9-14-12-5-3-11(4-6-12)7-8-13/h3-6,10,13H,7-9H2,1-2H3. The Hall–Kier alpha value is -0.470. The van der Waals surface area contributed by atoms with Gasteiger partial charge in [-0.15, -0.1) is 11.8 Å². The van der Waals surface area contributed by atoms with Gasteiger partial charge in [0.15, 0.2) is 0 Å². The summed E-state index contributed by atoms with van der Waals surface area (Å²) in [7, 11) is 0. The Bertz CT molecular complexity index is 254. The van der Waals surface area contributed by atoms with Crippen LogP contribution in [0.2, 0.25) is 0 Å². The first-order valence-electron chi connectivity index (χ1n) is 5.05. The fourth-order valence-electron chi connectivity index (χ4n) is 1.14. The van der Waals surface area contributed by atoms with Crippen LogP contribution in [-0.2, 0) is 6.42 Å². The summed E-state index contributed by atoms with van der Waals surface area (Å²) < 4.78 is 0. The molecule has 14 heavy (non-hydrogen) atoms. The van der Waals surface area contributed by atoms with Crippen molar-refractivity contribution in [3.63, 3.8) is 0 Å². The third kappa shape index (κ3) is 4.16. The van der Waals surface area contributed by atoms with Gasteiger partial charge in [0.05, 0.1) is 0 Å². The third-order valence-corrected chi connectivity index (χ3v) is 3.35. The smallest absolute Gasteiger partial charge is 0.0471 e. The van der Waals surface area contributed by atoms with Crippen molar-refractivity contribution in [2.45, 2.75) is 25.2 Å². The van der Waals surface area contributed by atoms with Gasteiger partial charge in [0.2, 0.25) is 0 Å². The van der Waals surface area contributed by atoms with E-state index < -0.39 is 0 Å². The minimum atomic E-state index is 0.235. The van der Waals surface area contributed by atoms with Crippen LogP contribution in [0.1, 0.15) is 19.4 Å². The summed E-state index contributed by atoms with van der Waals surface area (Å²) in [6, 6.07) is 8.47. The third-order valence-electron chi connectivity index (χ3n) is 1.91. The molecule has 0 spiro atoms. The summed E-state index contributed by atoms with van der Waals surface area (Å²) in [6.07, 6.45) is 0.759. The van der Waals surface area contributed by atoms with E-state index in [1.165, 1.54) is 16.2 Å². The highest BCUT2D eigenvalue weighted by Gasteiger charge is 1.97. The monoisotopic (exact) mass is 210 g/mol. The van der Waals surface area contributed by atoms with Gasteiger partial charge in [0, 0.05) is 17.3 Å². The Morgan fingerprint density at radius 3 is 2.36 bits per heavy atom. The highest BCUT2D eigenvalue weighted by molar-refractivity contribution is 7.99. The van der Waals surface area contributed by atoms with Crippen molar-refractivity contribution >= 4 is 11.8 Å². The fourth-order valence-corrected chi connectivity index (χ4v) is 2.00. The van der Waals surface area contributed by atoms with Crippen molar-refractivity contribution in [3.05, 3.63) is 29.8 Å². The van der Waals surface area contributed by atoms with E-state index >= 15 is 0 Å². The Kier molecular flexibility index (Phi) is 5.05. The highest BCUT2D eigenvalue weighted by atomic mass is 32.2. The first kappa shape index (κ1) is 11.6. The molecule has 0 fully saturated rings. The predicted octanol–water partition coefficient (Wildman–Crippen LogP) is 2.97. The molecule has 0 aliphatic heterocycles. The molecule has 0 amide bonds. The summed E-state index contributed by atoms with van der Waals surface area (Å²) in [5.74, 6) is 1.90. The Morgan fingerprint density at radius 1 is 1.21 bits per heavy atom. The van der Waals surface area contributed by atoms with E-state index in [0.29, 0.717) is 0 Å². The second-order valence-corrected chi connectivity index (χ2v) is 4.92. The summed E-state index contributed by atoms with van der Waals surface area (Å²) in [5, 5.41) is 8.76. The molecule has 1 rings (SSSR count). The van der Waals surface area contributed by atoms with Crippen LogP contribution in [0.3, 0.4) is 0 Å². The molecule has 0 unspecified atom stereocenters. The largest absolute Gasteiger partial charge is 0.396 e. The lowest BCUT2D eigenvalue weighted by Crippen LogP contribution is -1.91. The Balaban J connectivity index is 2.46. The number of hydrogen-bond acceptors (Lipinski definition) is 2. The molecule has 0 bridgehead atoms. The lowest BCUT2D eigenvalue weighted by Gasteiger charge is -2.05. The van der Waals surface area contributed by atoms with Crippen LogP contribution < -0.4 is 0 Å². The van der Waals surface area contributed by atoms with Crippen LogP contribution in [-0.4, -0.2) is 17.5 Å². The van der Waals surface area contributed by atoms with Gasteiger partial charge < -0.3 is 5.11 Å². The number of thioether (sulfide) groups is 1. The van der Waals surface area contributed by atoms with Gasteiger partial charge in [-0.3, -0.25) is 0 Å². The van der Waals surface area contributed by atoms with Crippen LogP contribution in [0.15, 0.2) is 29.2 Å². The molecule has 78 valence electrons. The van der Waals surface area contributed by atoms with E-state index in [9.17, 15) is 0 Å². The van der Waals surface area contributed by atoms with Crippen LogP contribution >= 0.6 is 11.8 Å². The van der Waals surface area contributed by atoms with Crippen LogP contribution in [0.4, 0.5) is 0 Å². The number of hydrogen-bond donors (Lipinski definition) is 1. The second-order valence-electron chi connectivity index (χ2n) is 3.82. The van der Waals surface area contributed by atoms with Gasteiger partial charge in [-0.05, 0) is 30.0 Å². The van der Waals surface area contributed by atoms with Crippen LogP contribution in [0.5, 0.6) is 0 Å². The number of aliphatic hydroxyl groups excluding tert-OH is 1. The van der Waals surface area contributed by atoms with Crippen molar-refractivity contribution in [2.24, 2.45) is 5.92 Å². The van der Waals surface area contributed by atoms with Crippen LogP contribution in [0.25, 0.3) is 0 Å². The molecule has 0 heterocycles. The Morgan fingerprint density at radius 2 is 1.86 bits per heavy atom. The maximum absolute atomic E-state index is 8.76. The normalized spacial score (nSPS) is 10.9. The highest BCUT2D eigenvalue weighted by Crippen LogP contribution is 2.20. The van der Waals surface area contributed by atoms with E-state index in [4.69, 9.17) is 5.11 Å². The molecule has 0 radical (unpaired) electrons. The summed E-state index contributed by atoms with van der Waals surface area (Å²) in [5.41, 5.74) is 1.21. The molecule has 1 N–H and O–H groups in total. The average molecular weight is 210 g/mol. The molecule has 1 aromatic carbocycles. The SMILES string of the molecule is CC(C)CSc1ccc(CCO)cc1. The summed E-state index contributed by atoms with van der Waals surface area (Å²) in [4.78, 5) is 1.32. The van der Waals surface area contributed by atoms with Gasteiger partial charge in [0.1, 0.15) is 0 Å². The van der Waals surface area contributed by atoms with Crippen molar-refractivity contribution in [3.8, 4) is 0 Å². The van der Waals surface area contributed by atoms with E-state index in [1.54, 1.807) is 0 Å². The summed E-state index contributed by atoms with van der Waals surface area (Å²) >= 11 is 1.89. The van der Waals surface area contributed by atoms with Crippen molar-refractivity contribution in [2.75, 3.05) is 12.4 Å².